The Morgan fingerprint density at radius 2 is 1.86 bits per heavy atom. The number of rotatable bonds is 6. The molecule has 150 valence electrons. The Hall–Kier alpha value is -3.81. The maximum absolute atomic E-state index is 12.5. The van der Waals surface area contributed by atoms with Gasteiger partial charge in [0.25, 0.3) is 0 Å². The number of amides is 1. The quantitative estimate of drug-likeness (QED) is 0.545. The SMILES string of the molecule is COc1ccc2c(C)c(CC(=O)N[C@H](C(=O)O)c3ccc(O)cc3)c(=O)oc2c1. The number of fused-ring (bicyclic) bond motifs is 1. The molecule has 1 atom stereocenters. The number of aromatic hydroxyl groups is 1. The Labute approximate surface area is 165 Å². The number of phenolic OH excluding ortho intramolecular Hbond substituents is 1. The molecule has 0 radical (unpaired) electrons. The van der Waals surface area contributed by atoms with Crippen LogP contribution in [0, 0.1) is 6.92 Å². The molecule has 29 heavy (non-hydrogen) atoms. The number of carbonyl (C=O) groups excluding carboxylic acids is 1. The zero-order chi connectivity index (χ0) is 21.1. The van der Waals surface area contributed by atoms with Gasteiger partial charge < -0.3 is 24.7 Å². The summed E-state index contributed by atoms with van der Waals surface area (Å²) in [5, 5.41) is 21.8. The molecule has 0 saturated carbocycles. The molecule has 0 unspecified atom stereocenters. The number of benzene rings is 2. The lowest BCUT2D eigenvalue weighted by Crippen LogP contribution is -2.35. The van der Waals surface area contributed by atoms with Crippen molar-refractivity contribution in [2.75, 3.05) is 7.11 Å². The predicted octanol–water partition coefficient (Wildman–Crippen LogP) is 2.30. The number of carboxylic acid groups (broad SMARTS) is 1. The zero-order valence-electron chi connectivity index (χ0n) is 15.8. The van der Waals surface area contributed by atoms with E-state index < -0.39 is 23.5 Å². The van der Waals surface area contributed by atoms with Crippen LogP contribution in [0.25, 0.3) is 11.0 Å². The monoisotopic (exact) mass is 397 g/mol. The van der Waals surface area contributed by atoms with E-state index in [0.29, 0.717) is 22.3 Å². The number of methoxy groups -OCH3 is 1. The Morgan fingerprint density at radius 3 is 2.48 bits per heavy atom. The lowest BCUT2D eigenvalue weighted by Gasteiger charge is -2.15. The summed E-state index contributed by atoms with van der Waals surface area (Å²) in [5.74, 6) is -1.40. The summed E-state index contributed by atoms with van der Waals surface area (Å²) in [6.45, 7) is 1.70. The number of aryl methyl sites for hydroxylation is 1. The second kappa shape index (κ2) is 8.05. The van der Waals surface area contributed by atoms with E-state index in [1.54, 1.807) is 25.1 Å². The molecule has 3 aromatic rings. The van der Waals surface area contributed by atoms with Crippen LogP contribution in [0.4, 0.5) is 0 Å². The van der Waals surface area contributed by atoms with Gasteiger partial charge in [0, 0.05) is 11.5 Å². The smallest absolute Gasteiger partial charge is 0.340 e. The van der Waals surface area contributed by atoms with Crippen molar-refractivity contribution in [2.24, 2.45) is 0 Å². The van der Waals surface area contributed by atoms with Gasteiger partial charge in [-0.05, 0) is 42.3 Å². The van der Waals surface area contributed by atoms with Crippen LogP contribution in [0.3, 0.4) is 0 Å². The van der Waals surface area contributed by atoms with Gasteiger partial charge in [-0.1, -0.05) is 12.1 Å². The molecule has 1 heterocycles. The number of phenols is 1. The molecule has 3 rings (SSSR count). The molecule has 2 aromatic carbocycles. The highest BCUT2D eigenvalue weighted by Gasteiger charge is 2.23. The molecule has 8 nitrogen and oxygen atoms in total. The Kier molecular flexibility index (Phi) is 5.54. The molecule has 1 aromatic heterocycles. The van der Waals surface area contributed by atoms with Crippen LogP contribution in [0.5, 0.6) is 11.5 Å². The molecule has 3 N–H and O–H groups in total. The zero-order valence-corrected chi connectivity index (χ0v) is 15.8. The second-order valence-corrected chi connectivity index (χ2v) is 6.46. The van der Waals surface area contributed by atoms with E-state index in [1.165, 1.54) is 31.4 Å². The maximum atomic E-state index is 12.5. The minimum Gasteiger partial charge on any atom is -0.508 e. The highest BCUT2D eigenvalue weighted by molar-refractivity contribution is 5.88. The van der Waals surface area contributed by atoms with Crippen LogP contribution < -0.4 is 15.7 Å². The van der Waals surface area contributed by atoms with Crippen molar-refractivity contribution >= 4 is 22.8 Å². The third-order valence-corrected chi connectivity index (χ3v) is 4.61. The molecule has 0 aliphatic heterocycles. The van der Waals surface area contributed by atoms with Crippen LogP contribution in [-0.4, -0.2) is 29.2 Å². The van der Waals surface area contributed by atoms with Gasteiger partial charge in [0.05, 0.1) is 19.1 Å². The van der Waals surface area contributed by atoms with Crippen LogP contribution in [0.2, 0.25) is 0 Å². The van der Waals surface area contributed by atoms with Gasteiger partial charge in [-0.15, -0.1) is 0 Å². The van der Waals surface area contributed by atoms with E-state index >= 15 is 0 Å². The highest BCUT2D eigenvalue weighted by Crippen LogP contribution is 2.24. The summed E-state index contributed by atoms with van der Waals surface area (Å²) in [6.07, 6.45) is -0.335. The summed E-state index contributed by atoms with van der Waals surface area (Å²) >= 11 is 0. The molecule has 0 saturated heterocycles. The van der Waals surface area contributed by atoms with Crippen LogP contribution in [-0.2, 0) is 16.0 Å². The molecule has 0 bridgehead atoms. The fraction of sp³-hybridized carbons (Fsp3) is 0.190. The summed E-state index contributed by atoms with van der Waals surface area (Å²) in [6, 6.07) is 9.16. The van der Waals surface area contributed by atoms with E-state index in [2.05, 4.69) is 5.32 Å². The van der Waals surface area contributed by atoms with Crippen molar-refractivity contribution in [3.63, 3.8) is 0 Å². The third-order valence-electron chi connectivity index (χ3n) is 4.61. The van der Waals surface area contributed by atoms with E-state index in [1.807, 2.05) is 0 Å². The average Bonchev–Trinajstić information content (AvgIpc) is 2.69. The molecule has 0 spiro atoms. The predicted molar refractivity (Wildman–Crippen MR) is 104 cm³/mol. The van der Waals surface area contributed by atoms with Gasteiger partial charge in [0.1, 0.15) is 17.1 Å². The first-order chi connectivity index (χ1) is 13.8. The fourth-order valence-corrected chi connectivity index (χ4v) is 3.03. The molecule has 0 fully saturated rings. The Bertz CT molecular complexity index is 1130. The van der Waals surface area contributed by atoms with E-state index in [9.17, 15) is 24.6 Å². The molecule has 0 aliphatic carbocycles. The van der Waals surface area contributed by atoms with Crippen molar-refractivity contribution in [1.29, 1.82) is 0 Å². The minimum atomic E-state index is -1.32. The van der Waals surface area contributed by atoms with Gasteiger partial charge in [-0.3, -0.25) is 4.79 Å². The Balaban J connectivity index is 1.87. The molecule has 1 amide bonds. The molecular formula is C21H19NO7. The third kappa shape index (κ3) is 4.21. The van der Waals surface area contributed by atoms with Gasteiger partial charge >= 0.3 is 11.6 Å². The average molecular weight is 397 g/mol. The second-order valence-electron chi connectivity index (χ2n) is 6.46. The maximum Gasteiger partial charge on any atom is 0.340 e. The number of aliphatic carboxylic acids is 1. The summed E-state index contributed by atoms with van der Waals surface area (Å²) < 4.78 is 10.4. The number of carbonyl (C=O) groups is 2. The van der Waals surface area contributed by atoms with E-state index in [0.717, 1.165) is 0 Å². The van der Waals surface area contributed by atoms with E-state index in [4.69, 9.17) is 9.15 Å². The van der Waals surface area contributed by atoms with Crippen molar-refractivity contribution < 1.29 is 29.0 Å². The molecule has 0 aliphatic rings. The minimum absolute atomic E-state index is 0.0229. The van der Waals surface area contributed by atoms with Crippen molar-refractivity contribution in [3.8, 4) is 11.5 Å². The topological polar surface area (TPSA) is 126 Å². The van der Waals surface area contributed by atoms with Crippen LogP contribution in [0.1, 0.15) is 22.7 Å². The number of hydrogen-bond acceptors (Lipinski definition) is 6. The number of hydrogen-bond donors (Lipinski definition) is 3. The highest BCUT2D eigenvalue weighted by atomic mass is 16.5. The van der Waals surface area contributed by atoms with Crippen LogP contribution in [0.15, 0.2) is 51.7 Å². The first-order valence-electron chi connectivity index (χ1n) is 8.71. The number of carboxylic acids is 1. The van der Waals surface area contributed by atoms with Gasteiger partial charge in [-0.25, -0.2) is 9.59 Å². The largest absolute Gasteiger partial charge is 0.508 e. The van der Waals surface area contributed by atoms with Crippen molar-refractivity contribution in [3.05, 3.63) is 69.6 Å². The van der Waals surface area contributed by atoms with Gasteiger partial charge in [-0.2, -0.15) is 0 Å². The van der Waals surface area contributed by atoms with Crippen molar-refractivity contribution in [1.82, 2.24) is 5.32 Å². The number of ether oxygens (including phenoxy) is 1. The first kappa shape index (κ1) is 19.9. The molecule has 8 heteroatoms. The van der Waals surface area contributed by atoms with E-state index in [-0.39, 0.29) is 23.3 Å². The van der Waals surface area contributed by atoms with Crippen LogP contribution >= 0.6 is 0 Å². The lowest BCUT2D eigenvalue weighted by atomic mass is 10.0. The summed E-state index contributed by atoms with van der Waals surface area (Å²) in [4.78, 5) is 36.4. The van der Waals surface area contributed by atoms with Crippen molar-refractivity contribution in [2.45, 2.75) is 19.4 Å². The van der Waals surface area contributed by atoms with Gasteiger partial charge in [0.15, 0.2) is 6.04 Å². The normalized spacial score (nSPS) is 11.8. The fourth-order valence-electron chi connectivity index (χ4n) is 3.03. The number of nitrogens with one attached hydrogen (secondary N) is 1. The summed E-state index contributed by atoms with van der Waals surface area (Å²) in [7, 11) is 1.50. The molecular weight excluding hydrogens is 378 g/mol. The summed E-state index contributed by atoms with van der Waals surface area (Å²) in [5.41, 5.74) is 0.678. The lowest BCUT2D eigenvalue weighted by molar-refractivity contribution is -0.142. The standard InChI is InChI=1S/C21H19NO7/c1-11-15-8-7-14(28-2)9-17(15)29-21(27)16(11)10-18(24)22-19(20(25)26)12-3-5-13(23)6-4-12/h3-9,19,23H,10H2,1-2H3,(H,22,24)(H,25,26)/t19-/m0/s1. The Morgan fingerprint density at radius 1 is 1.17 bits per heavy atom. The first-order valence-corrected chi connectivity index (χ1v) is 8.71. The van der Waals surface area contributed by atoms with Gasteiger partial charge in [0.2, 0.25) is 5.91 Å².